The van der Waals surface area contributed by atoms with Gasteiger partial charge in [-0.25, -0.2) is 4.39 Å². The molecule has 0 aliphatic rings. The fourth-order valence-electron chi connectivity index (χ4n) is 1.96. The van der Waals surface area contributed by atoms with E-state index < -0.39 is 6.10 Å². The lowest BCUT2D eigenvalue weighted by molar-refractivity contribution is 0.0644. The van der Waals surface area contributed by atoms with Crippen LogP contribution in [0, 0.1) is 5.82 Å². The molecule has 5 heteroatoms. The van der Waals surface area contributed by atoms with Gasteiger partial charge in [0.25, 0.3) is 0 Å². The molecule has 0 spiro atoms. The number of fused-ring (bicyclic) bond motifs is 1. The molecule has 1 unspecified atom stereocenters. The van der Waals surface area contributed by atoms with Crippen molar-refractivity contribution in [3.05, 3.63) is 41.8 Å². The smallest absolute Gasteiger partial charge is 0.132 e. The van der Waals surface area contributed by atoms with Crippen LogP contribution in [0.4, 0.5) is 4.39 Å². The van der Waals surface area contributed by atoms with Crippen molar-refractivity contribution in [1.29, 1.82) is 0 Å². The molecule has 102 valence electrons. The highest BCUT2D eigenvalue weighted by molar-refractivity contribution is 5.82. The molecule has 0 aliphatic heterocycles. The van der Waals surface area contributed by atoms with Gasteiger partial charge >= 0.3 is 0 Å². The minimum absolute atomic E-state index is 0.272. The number of aromatic nitrogens is 1. The van der Waals surface area contributed by atoms with E-state index in [1.165, 1.54) is 6.07 Å². The highest BCUT2D eigenvalue weighted by Crippen LogP contribution is 2.19. The Morgan fingerprint density at radius 3 is 3.05 bits per heavy atom. The van der Waals surface area contributed by atoms with E-state index >= 15 is 0 Å². The summed E-state index contributed by atoms with van der Waals surface area (Å²) in [6.45, 7) is 1.23. The molecule has 2 N–H and O–H groups in total. The van der Waals surface area contributed by atoms with Crippen LogP contribution >= 0.6 is 0 Å². The van der Waals surface area contributed by atoms with Gasteiger partial charge in [0.2, 0.25) is 0 Å². The quantitative estimate of drug-likeness (QED) is 0.829. The van der Waals surface area contributed by atoms with E-state index in [1.807, 2.05) is 0 Å². The number of rotatable bonds is 6. The monoisotopic (exact) mass is 264 g/mol. The van der Waals surface area contributed by atoms with Gasteiger partial charge in [0.05, 0.1) is 18.2 Å². The average molecular weight is 264 g/mol. The van der Waals surface area contributed by atoms with Crippen LogP contribution < -0.4 is 5.32 Å². The largest absolute Gasteiger partial charge is 0.389 e. The summed E-state index contributed by atoms with van der Waals surface area (Å²) in [5.41, 5.74) is 1.55. The summed E-state index contributed by atoms with van der Waals surface area (Å²) in [6, 6.07) is 6.57. The maximum Gasteiger partial charge on any atom is 0.132 e. The lowest BCUT2D eigenvalue weighted by Gasteiger charge is -2.11. The van der Waals surface area contributed by atoms with Crippen LogP contribution in [0.3, 0.4) is 0 Å². The Hall–Kier alpha value is -1.56. The van der Waals surface area contributed by atoms with E-state index in [-0.39, 0.29) is 12.4 Å². The summed E-state index contributed by atoms with van der Waals surface area (Å²) in [7, 11) is 1.54. The zero-order valence-corrected chi connectivity index (χ0v) is 10.8. The maximum atomic E-state index is 13.6. The van der Waals surface area contributed by atoms with Crippen LogP contribution in [-0.4, -0.2) is 36.5 Å². The van der Waals surface area contributed by atoms with Crippen LogP contribution in [-0.2, 0) is 11.3 Å². The van der Waals surface area contributed by atoms with Gasteiger partial charge in [-0.15, -0.1) is 0 Å². The summed E-state index contributed by atoms with van der Waals surface area (Å²) in [6.07, 6.45) is 1.09. The predicted molar refractivity (Wildman–Crippen MR) is 71.3 cm³/mol. The van der Waals surface area contributed by atoms with Crippen molar-refractivity contribution < 1.29 is 14.2 Å². The van der Waals surface area contributed by atoms with E-state index in [4.69, 9.17) is 4.74 Å². The number of aliphatic hydroxyl groups excluding tert-OH is 1. The third-order valence-electron chi connectivity index (χ3n) is 2.85. The zero-order chi connectivity index (χ0) is 13.7. The second kappa shape index (κ2) is 6.56. The predicted octanol–water partition coefficient (Wildman–Crippen LogP) is 1.47. The first-order valence-electron chi connectivity index (χ1n) is 6.12. The number of methoxy groups -OCH3 is 1. The number of nitrogens with zero attached hydrogens (tertiary/aromatic N) is 1. The van der Waals surface area contributed by atoms with Crippen molar-refractivity contribution in [2.75, 3.05) is 20.3 Å². The fraction of sp³-hybridized carbons (Fsp3) is 0.357. The normalized spacial score (nSPS) is 12.8. The Morgan fingerprint density at radius 1 is 1.42 bits per heavy atom. The molecule has 2 aromatic rings. The Morgan fingerprint density at radius 2 is 2.26 bits per heavy atom. The van der Waals surface area contributed by atoms with Crippen LogP contribution in [0.15, 0.2) is 30.5 Å². The summed E-state index contributed by atoms with van der Waals surface area (Å²) >= 11 is 0. The van der Waals surface area contributed by atoms with Crippen LogP contribution in [0.2, 0.25) is 0 Å². The van der Waals surface area contributed by atoms with Crippen LogP contribution in [0.1, 0.15) is 5.56 Å². The Kier molecular flexibility index (Phi) is 4.79. The number of ether oxygens (including phenoxy) is 1. The molecule has 0 saturated heterocycles. The van der Waals surface area contributed by atoms with Gasteiger partial charge in [0.1, 0.15) is 5.82 Å². The minimum Gasteiger partial charge on any atom is -0.389 e. The molecule has 4 nitrogen and oxygen atoms in total. The molecule has 1 atom stereocenters. The molecule has 0 bridgehead atoms. The molecule has 1 aromatic carbocycles. The molecular formula is C14H17FN2O2. The highest BCUT2D eigenvalue weighted by atomic mass is 19.1. The van der Waals surface area contributed by atoms with Gasteiger partial charge in [0, 0.05) is 31.8 Å². The molecule has 0 fully saturated rings. The van der Waals surface area contributed by atoms with Gasteiger partial charge < -0.3 is 15.2 Å². The third kappa shape index (κ3) is 3.47. The standard InChI is InChI=1S/C14H17FN2O2/c1-19-9-11(18)8-16-7-10-4-5-13(15)12-3-2-6-17-14(10)12/h2-6,11,16,18H,7-9H2,1H3. The molecule has 1 heterocycles. The van der Waals surface area contributed by atoms with Gasteiger partial charge in [-0.3, -0.25) is 4.98 Å². The highest BCUT2D eigenvalue weighted by Gasteiger charge is 2.07. The van der Waals surface area contributed by atoms with E-state index in [9.17, 15) is 9.50 Å². The topological polar surface area (TPSA) is 54.4 Å². The lowest BCUT2D eigenvalue weighted by atomic mass is 10.1. The van der Waals surface area contributed by atoms with Crippen molar-refractivity contribution in [2.24, 2.45) is 0 Å². The first-order valence-corrected chi connectivity index (χ1v) is 6.12. The first kappa shape index (κ1) is 13.9. The summed E-state index contributed by atoms with van der Waals surface area (Å²) in [5.74, 6) is -0.272. The van der Waals surface area contributed by atoms with Gasteiger partial charge in [-0.1, -0.05) is 6.07 Å². The number of hydrogen-bond acceptors (Lipinski definition) is 4. The SMILES string of the molecule is COCC(O)CNCc1ccc(F)c2cccnc12. The first-order chi connectivity index (χ1) is 9.22. The number of nitrogens with one attached hydrogen (secondary N) is 1. The van der Waals surface area contributed by atoms with Crippen molar-refractivity contribution in [3.8, 4) is 0 Å². The Bertz CT molecular complexity index is 548. The number of halogens is 1. The van der Waals surface area contributed by atoms with Crippen LogP contribution in [0.5, 0.6) is 0 Å². The summed E-state index contributed by atoms with van der Waals surface area (Å²) in [5, 5.41) is 13.1. The van der Waals surface area contributed by atoms with E-state index in [0.29, 0.717) is 24.0 Å². The number of hydrogen-bond donors (Lipinski definition) is 2. The molecular weight excluding hydrogens is 247 g/mol. The van der Waals surface area contributed by atoms with E-state index in [1.54, 1.807) is 31.5 Å². The maximum absolute atomic E-state index is 13.6. The third-order valence-corrected chi connectivity index (χ3v) is 2.85. The second-order valence-corrected chi connectivity index (χ2v) is 4.35. The van der Waals surface area contributed by atoms with E-state index in [2.05, 4.69) is 10.3 Å². The lowest BCUT2D eigenvalue weighted by Crippen LogP contribution is -2.29. The number of aliphatic hydroxyl groups is 1. The van der Waals surface area contributed by atoms with Gasteiger partial charge in [-0.2, -0.15) is 0 Å². The Labute approximate surface area is 111 Å². The molecule has 0 radical (unpaired) electrons. The second-order valence-electron chi connectivity index (χ2n) is 4.35. The molecule has 1 aromatic heterocycles. The summed E-state index contributed by atoms with van der Waals surface area (Å²) < 4.78 is 18.4. The molecule has 0 amide bonds. The fourth-order valence-corrected chi connectivity index (χ4v) is 1.96. The van der Waals surface area contributed by atoms with Gasteiger partial charge in [-0.05, 0) is 23.8 Å². The number of benzene rings is 1. The van der Waals surface area contributed by atoms with E-state index in [0.717, 1.165) is 5.56 Å². The Balaban J connectivity index is 2.07. The molecule has 19 heavy (non-hydrogen) atoms. The van der Waals surface area contributed by atoms with Gasteiger partial charge in [0.15, 0.2) is 0 Å². The summed E-state index contributed by atoms with van der Waals surface area (Å²) in [4.78, 5) is 4.21. The number of pyridine rings is 1. The van der Waals surface area contributed by atoms with Crippen molar-refractivity contribution in [3.63, 3.8) is 0 Å². The van der Waals surface area contributed by atoms with Crippen LogP contribution in [0.25, 0.3) is 10.9 Å². The van der Waals surface area contributed by atoms with Crippen molar-refractivity contribution >= 4 is 10.9 Å². The average Bonchev–Trinajstić information content (AvgIpc) is 2.42. The zero-order valence-electron chi connectivity index (χ0n) is 10.8. The molecule has 2 rings (SSSR count). The van der Waals surface area contributed by atoms with Crippen molar-refractivity contribution in [1.82, 2.24) is 10.3 Å². The molecule has 0 saturated carbocycles. The minimum atomic E-state index is -0.551. The van der Waals surface area contributed by atoms with Crippen molar-refractivity contribution in [2.45, 2.75) is 12.6 Å². The molecule has 0 aliphatic carbocycles.